The van der Waals surface area contributed by atoms with Crippen molar-refractivity contribution in [1.82, 2.24) is 15.2 Å². The van der Waals surface area contributed by atoms with E-state index in [4.69, 9.17) is 0 Å². The number of amides is 1. The average Bonchev–Trinajstić information content (AvgIpc) is 2.81. The summed E-state index contributed by atoms with van der Waals surface area (Å²) < 4.78 is 2.14. The maximum atomic E-state index is 11.2. The molecular weight excluding hydrogens is 214 g/mol. The molecular formula is C13H23N3O. The average molecular weight is 237 g/mol. The minimum atomic E-state index is 0.0822. The lowest BCUT2D eigenvalue weighted by atomic mass is 10.2. The van der Waals surface area contributed by atoms with Gasteiger partial charge in [0.15, 0.2) is 0 Å². The van der Waals surface area contributed by atoms with Crippen LogP contribution in [0, 0.1) is 0 Å². The molecule has 4 heteroatoms. The molecule has 0 aliphatic rings. The maximum Gasteiger partial charge on any atom is 0.221 e. The zero-order valence-corrected chi connectivity index (χ0v) is 11.0. The van der Waals surface area contributed by atoms with E-state index in [0.29, 0.717) is 12.5 Å². The highest BCUT2D eigenvalue weighted by Crippen LogP contribution is 2.13. The summed E-state index contributed by atoms with van der Waals surface area (Å²) in [5.41, 5.74) is 1.24. The fraction of sp³-hybridized carbons (Fsp3) is 0.615. The van der Waals surface area contributed by atoms with Crippen LogP contribution in [0.4, 0.5) is 0 Å². The van der Waals surface area contributed by atoms with Gasteiger partial charge in [-0.2, -0.15) is 0 Å². The summed E-state index contributed by atoms with van der Waals surface area (Å²) in [6.45, 7) is 6.06. The smallest absolute Gasteiger partial charge is 0.221 e. The number of rotatable bonds is 7. The third-order valence-corrected chi connectivity index (χ3v) is 2.87. The molecule has 0 radical (unpaired) electrons. The van der Waals surface area contributed by atoms with Crippen LogP contribution in [0.15, 0.2) is 18.3 Å². The second kappa shape index (κ2) is 7.12. The third kappa shape index (κ3) is 4.23. The highest BCUT2D eigenvalue weighted by molar-refractivity contribution is 5.75. The van der Waals surface area contributed by atoms with E-state index < -0.39 is 0 Å². The Labute approximate surface area is 103 Å². The van der Waals surface area contributed by atoms with Gasteiger partial charge in [-0.25, -0.2) is 0 Å². The summed E-state index contributed by atoms with van der Waals surface area (Å²) in [6, 6.07) is 4.47. The third-order valence-electron chi connectivity index (χ3n) is 2.87. The molecule has 1 unspecified atom stereocenters. The lowest BCUT2D eigenvalue weighted by Crippen LogP contribution is -2.23. The van der Waals surface area contributed by atoms with Crippen LogP contribution >= 0.6 is 0 Å². The van der Waals surface area contributed by atoms with Crippen LogP contribution in [0.3, 0.4) is 0 Å². The molecule has 0 saturated carbocycles. The summed E-state index contributed by atoms with van der Waals surface area (Å²) in [7, 11) is 1.67. The zero-order chi connectivity index (χ0) is 12.7. The summed E-state index contributed by atoms with van der Waals surface area (Å²) in [5.74, 6) is 0.0822. The molecule has 1 aromatic heterocycles. The first-order chi connectivity index (χ1) is 8.19. The standard InChI is InChI=1S/C13H23N3O/c1-4-8-15-11(2)12-6-5-9-16(12)10-7-13(17)14-3/h5-6,9,11,15H,4,7-8,10H2,1-3H3,(H,14,17). The van der Waals surface area contributed by atoms with Gasteiger partial charge in [-0.3, -0.25) is 4.79 Å². The molecule has 1 aromatic rings. The Kier molecular flexibility index (Phi) is 5.77. The highest BCUT2D eigenvalue weighted by atomic mass is 16.1. The van der Waals surface area contributed by atoms with Gasteiger partial charge in [0.1, 0.15) is 0 Å². The predicted molar refractivity (Wildman–Crippen MR) is 69.8 cm³/mol. The number of hydrogen-bond acceptors (Lipinski definition) is 2. The second-order valence-corrected chi connectivity index (χ2v) is 4.23. The molecule has 0 fully saturated rings. The molecule has 0 bridgehead atoms. The lowest BCUT2D eigenvalue weighted by molar-refractivity contribution is -0.120. The summed E-state index contributed by atoms with van der Waals surface area (Å²) >= 11 is 0. The summed E-state index contributed by atoms with van der Waals surface area (Å²) in [6.07, 6.45) is 3.68. The van der Waals surface area contributed by atoms with E-state index in [1.54, 1.807) is 7.05 Å². The molecule has 2 N–H and O–H groups in total. The van der Waals surface area contributed by atoms with Crippen LogP contribution < -0.4 is 10.6 Å². The van der Waals surface area contributed by atoms with Gasteiger partial charge in [-0.05, 0) is 32.0 Å². The van der Waals surface area contributed by atoms with Crippen molar-refractivity contribution in [3.63, 3.8) is 0 Å². The molecule has 1 rings (SSSR count). The Balaban J connectivity index is 2.55. The van der Waals surface area contributed by atoms with E-state index in [0.717, 1.165) is 19.5 Å². The van der Waals surface area contributed by atoms with Gasteiger partial charge in [0.05, 0.1) is 0 Å². The van der Waals surface area contributed by atoms with E-state index in [1.165, 1.54) is 5.69 Å². The van der Waals surface area contributed by atoms with Crippen LogP contribution in [-0.2, 0) is 11.3 Å². The van der Waals surface area contributed by atoms with Crippen molar-refractivity contribution in [1.29, 1.82) is 0 Å². The van der Waals surface area contributed by atoms with Crippen LogP contribution in [0.2, 0.25) is 0 Å². The molecule has 0 aromatic carbocycles. The number of hydrogen-bond donors (Lipinski definition) is 2. The van der Waals surface area contributed by atoms with E-state index in [-0.39, 0.29) is 5.91 Å². The van der Waals surface area contributed by atoms with Gasteiger partial charge in [0.25, 0.3) is 0 Å². The van der Waals surface area contributed by atoms with Crippen LogP contribution in [-0.4, -0.2) is 24.1 Å². The Bertz CT molecular complexity index is 346. The van der Waals surface area contributed by atoms with Crippen LogP contribution in [0.1, 0.15) is 38.4 Å². The molecule has 1 atom stereocenters. The number of carbonyl (C=O) groups is 1. The quantitative estimate of drug-likeness (QED) is 0.758. The minimum absolute atomic E-state index is 0.0822. The Morgan fingerprint density at radius 1 is 1.53 bits per heavy atom. The molecule has 96 valence electrons. The number of nitrogens with one attached hydrogen (secondary N) is 2. The van der Waals surface area contributed by atoms with E-state index in [9.17, 15) is 4.79 Å². The summed E-state index contributed by atoms with van der Waals surface area (Å²) in [4.78, 5) is 11.2. The van der Waals surface area contributed by atoms with Gasteiger partial charge in [0.2, 0.25) is 5.91 Å². The largest absolute Gasteiger partial charge is 0.359 e. The molecule has 4 nitrogen and oxygen atoms in total. The highest BCUT2D eigenvalue weighted by Gasteiger charge is 2.09. The van der Waals surface area contributed by atoms with Crippen molar-refractivity contribution in [2.75, 3.05) is 13.6 Å². The van der Waals surface area contributed by atoms with Gasteiger partial charge < -0.3 is 15.2 Å². The molecule has 1 amide bonds. The first-order valence-electron chi connectivity index (χ1n) is 6.28. The molecule has 0 saturated heterocycles. The number of aromatic nitrogens is 1. The lowest BCUT2D eigenvalue weighted by Gasteiger charge is -2.16. The van der Waals surface area contributed by atoms with E-state index in [2.05, 4.69) is 35.1 Å². The summed E-state index contributed by atoms with van der Waals surface area (Å²) in [5, 5.41) is 6.10. The monoisotopic (exact) mass is 237 g/mol. The molecule has 1 heterocycles. The molecule has 0 aliphatic heterocycles. The van der Waals surface area contributed by atoms with Gasteiger partial charge in [-0.1, -0.05) is 6.92 Å². The zero-order valence-electron chi connectivity index (χ0n) is 11.0. The number of nitrogens with zero attached hydrogens (tertiary/aromatic N) is 1. The second-order valence-electron chi connectivity index (χ2n) is 4.23. The van der Waals surface area contributed by atoms with Crippen molar-refractivity contribution >= 4 is 5.91 Å². The molecule has 0 spiro atoms. The fourth-order valence-corrected chi connectivity index (χ4v) is 1.84. The molecule has 0 aliphatic carbocycles. The fourth-order valence-electron chi connectivity index (χ4n) is 1.84. The number of aryl methyl sites for hydroxylation is 1. The van der Waals surface area contributed by atoms with E-state index in [1.807, 2.05) is 12.3 Å². The van der Waals surface area contributed by atoms with Crippen LogP contribution in [0.5, 0.6) is 0 Å². The minimum Gasteiger partial charge on any atom is -0.359 e. The first-order valence-corrected chi connectivity index (χ1v) is 6.28. The molecule has 17 heavy (non-hydrogen) atoms. The van der Waals surface area contributed by atoms with Crippen molar-refractivity contribution in [2.24, 2.45) is 0 Å². The van der Waals surface area contributed by atoms with Crippen molar-refractivity contribution in [3.05, 3.63) is 24.0 Å². The Morgan fingerprint density at radius 2 is 2.29 bits per heavy atom. The maximum absolute atomic E-state index is 11.2. The van der Waals surface area contributed by atoms with Gasteiger partial charge in [-0.15, -0.1) is 0 Å². The van der Waals surface area contributed by atoms with E-state index >= 15 is 0 Å². The topological polar surface area (TPSA) is 46.1 Å². The van der Waals surface area contributed by atoms with Crippen molar-refractivity contribution < 1.29 is 4.79 Å². The van der Waals surface area contributed by atoms with Crippen molar-refractivity contribution in [3.8, 4) is 0 Å². The van der Waals surface area contributed by atoms with Crippen molar-refractivity contribution in [2.45, 2.75) is 39.3 Å². The SMILES string of the molecule is CCCNC(C)c1cccn1CCC(=O)NC. The predicted octanol–water partition coefficient (Wildman–Crippen LogP) is 1.68. The normalized spacial score (nSPS) is 12.4. The Morgan fingerprint density at radius 3 is 2.94 bits per heavy atom. The Hall–Kier alpha value is -1.29. The van der Waals surface area contributed by atoms with Gasteiger partial charge >= 0.3 is 0 Å². The van der Waals surface area contributed by atoms with Crippen LogP contribution in [0.25, 0.3) is 0 Å². The first kappa shape index (κ1) is 13.8. The number of carbonyl (C=O) groups excluding carboxylic acids is 1. The van der Waals surface area contributed by atoms with Gasteiger partial charge in [0, 0.05) is 37.9 Å².